The van der Waals surface area contributed by atoms with E-state index in [1.54, 1.807) is 17.0 Å². The summed E-state index contributed by atoms with van der Waals surface area (Å²) in [6, 6.07) is 31.6. The van der Waals surface area contributed by atoms with E-state index in [-0.39, 0.29) is 28.5 Å². The number of piperidine rings is 3. The molecule has 3 fully saturated rings. The predicted octanol–water partition coefficient (Wildman–Crippen LogP) is 9.78. The van der Waals surface area contributed by atoms with Crippen molar-refractivity contribution in [2.45, 2.75) is 89.6 Å². The molecular weight excluding hydrogens is 769 g/mol. The van der Waals surface area contributed by atoms with E-state index in [2.05, 4.69) is 85.5 Å². The molecule has 60 heavy (non-hydrogen) atoms. The third kappa shape index (κ3) is 10.1. The molecule has 1 aromatic heterocycles. The number of unbranched alkanes of at least 4 members (excludes halogenated alkanes) is 1. The minimum atomic E-state index is -2.17. The largest absolute Gasteiger partial charge is 0.506 e. The first-order chi connectivity index (χ1) is 28.8. The number of hydrogen-bond acceptors (Lipinski definition) is 7. The van der Waals surface area contributed by atoms with E-state index in [1.807, 2.05) is 42.5 Å². The second kappa shape index (κ2) is 18.8. The topological polar surface area (TPSA) is 127 Å². The zero-order chi connectivity index (χ0) is 42.4. The van der Waals surface area contributed by atoms with E-state index < -0.39 is 14.4 Å². The number of rotatable bonds is 17. The lowest BCUT2D eigenvalue weighted by molar-refractivity contribution is 0.0838. The van der Waals surface area contributed by atoms with Crippen LogP contribution in [0.4, 0.5) is 10.5 Å². The van der Waals surface area contributed by atoms with Crippen molar-refractivity contribution in [1.29, 1.82) is 0 Å². The quantitative estimate of drug-likeness (QED) is 0.0539. The molecule has 318 valence electrons. The van der Waals surface area contributed by atoms with Gasteiger partial charge in [-0.05, 0) is 141 Å². The maximum Gasteiger partial charge on any atom is 0.412 e. The summed E-state index contributed by atoms with van der Waals surface area (Å²) in [6.07, 6.45) is 4.55. The van der Waals surface area contributed by atoms with Crippen molar-refractivity contribution in [2.75, 3.05) is 44.2 Å². The van der Waals surface area contributed by atoms with Gasteiger partial charge in [0.1, 0.15) is 11.5 Å². The van der Waals surface area contributed by atoms with Crippen LogP contribution in [0.15, 0.2) is 102 Å². The van der Waals surface area contributed by atoms with Crippen molar-refractivity contribution in [1.82, 2.24) is 15.2 Å². The number of aromatic hydroxyl groups is 1. The highest BCUT2D eigenvalue weighted by atomic mass is 28.4. The van der Waals surface area contributed by atoms with Gasteiger partial charge in [0.15, 0.2) is 8.32 Å². The standard InChI is InChI=1S/C49H62N4O6Si/c1-49(2,3)60(4,5)59-45(39-19-22-44(54)47-40(39)20-23-46(55)51-47)32-50-27-24-34-14-17-38(18-15-34)58-30-10-9-11-35-16-21-42(41(31-35)36-12-7-6-8-13-36)53(48(56)57)43-33-52-28-25-37(43)26-29-52/h6-8,12-23,31,37,43,45,50,54H,9-11,24-30,32-33H2,1-5H3,(H,51,55)(H,56,57)/t43-,45-/m0/s1. The van der Waals surface area contributed by atoms with E-state index in [0.29, 0.717) is 24.6 Å². The summed E-state index contributed by atoms with van der Waals surface area (Å²) in [6.45, 7) is 16.0. The monoisotopic (exact) mass is 830 g/mol. The maximum atomic E-state index is 12.8. The molecule has 3 aliphatic heterocycles. The second-order valence-electron chi connectivity index (χ2n) is 18.1. The first-order valence-electron chi connectivity index (χ1n) is 21.7. The average Bonchev–Trinajstić information content (AvgIpc) is 3.23. The first-order valence-corrected chi connectivity index (χ1v) is 24.6. The fourth-order valence-electron chi connectivity index (χ4n) is 8.57. The van der Waals surface area contributed by atoms with E-state index in [0.717, 1.165) is 98.2 Å². The molecule has 4 aromatic carbocycles. The van der Waals surface area contributed by atoms with E-state index in [4.69, 9.17) is 9.16 Å². The van der Waals surface area contributed by atoms with Crippen molar-refractivity contribution in [3.63, 3.8) is 0 Å². The number of aromatic nitrogens is 1. The van der Waals surface area contributed by atoms with Gasteiger partial charge in [0.2, 0.25) is 5.56 Å². The summed E-state index contributed by atoms with van der Waals surface area (Å²) in [5.74, 6) is 1.29. The molecule has 10 nitrogen and oxygen atoms in total. The van der Waals surface area contributed by atoms with Crippen LogP contribution in [-0.2, 0) is 17.3 Å². The van der Waals surface area contributed by atoms with Gasteiger partial charge >= 0.3 is 6.09 Å². The molecule has 0 aliphatic carbocycles. The highest BCUT2D eigenvalue weighted by Crippen LogP contribution is 2.42. The van der Waals surface area contributed by atoms with Crippen LogP contribution in [0.1, 0.15) is 69.2 Å². The molecule has 11 heteroatoms. The Bertz CT molecular complexity index is 2280. The number of hydrogen-bond donors (Lipinski definition) is 4. The number of amides is 1. The molecule has 3 aliphatic rings. The third-order valence-electron chi connectivity index (χ3n) is 13.0. The van der Waals surface area contributed by atoms with Gasteiger partial charge in [-0.15, -0.1) is 0 Å². The minimum Gasteiger partial charge on any atom is -0.506 e. The lowest BCUT2D eigenvalue weighted by Gasteiger charge is -2.48. The van der Waals surface area contributed by atoms with Gasteiger partial charge in [-0.1, -0.05) is 75.4 Å². The summed E-state index contributed by atoms with van der Waals surface area (Å²) in [7, 11) is -2.17. The van der Waals surface area contributed by atoms with Crippen LogP contribution in [0.2, 0.25) is 18.1 Å². The van der Waals surface area contributed by atoms with Crippen molar-refractivity contribution < 1.29 is 24.2 Å². The van der Waals surface area contributed by atoms with Crippen molar-refractivity contribution in [3.05, 3.63) is 124 Å². The number of pyridine rings is 1. The molecule has 3 saturated heterocycles. The Morgan fingerprint density at radius 2 is 1.67 bits per heavy atom. The molecule has 2 atom stereocenters. The fraction of sp³-hybridized carbons (Fsp3) is 0.429. The van der Waals surface area contributed by atoms with Crippen LogP contribution in [0.5, 0.6) is 11.5 Å². The number of ether oxygens (including phenoxy) is 1. The summed E-state index contributed by atoms with van der Waals surface area (Å²) in [5, 5.41) is 25.5. The van der Waals surface area contributed by atoms with Crippen LogP contribution in [0.3, 0.4) is 0 Å². The number of carbonyl (C=O) groups is 1. The van der Waals surface area contributed by atoms with Gasteiger partial charge in [0, 0.05) is 30.1 Å². The van der Waals surface area contributed by atoms with Gasteiger partial charge in [-0.3, -0.25) is 9.69 Å². The smallest absolute Gasteiger partial charge is 0.412 e. The molecule has 0 unspecified atom stereocenters. The number of nitrogens with zero attached hydrogens (tertiary/aromatic N) is 2. The van der Waals surface area contributed by atoms with Crippen LogP contribution in [-0.4, -0.2) is 79.9 Å². The Kier molecular flexibility index (Phi) is 13.5. The molecule has 0 saturated carbocycles. The molecule has 4 heterocycles. The van der Waals surface area contributed by atoms with Crippen molar-refractivity contribution in [3.8, 4) is 22.6 Å². The summed E-state index contributed by atoms with van der Waals surface area (Å²) < 4.78 is 13.1. The number of anilines is 1. The molecule has 5 aromatic rings. The molecule has 8 rings (SSSR count). The SMILES string of the molecule is CC(C)(C)[Si](C)(C)O[C@@H](CNCCc1ccc(OCCCCc2ccc(N(C(=O)O)[C@H]3CN4CCC3CC4)c(-c3ccccc3)c2)cc1)c1ccc(O)c2[nH]c(=O)ccc12. The molecule has 2 bridgehead atoms. The Morgan fingerprint density at radius 1 is 0.933 bits per heavy atom. The zero-order valence-corrected chi connectivity index (χ0v) is 36.9. The lowest BCUT2D eigenvalue weighted by atomic mass is 9.82. The van der Waals surface area contributed by atoms with Gasteiger partial charge in [0.05, 0.1) is 30.0 Å². The molecule has 0 spiro atoms. The van der Waals surface area contributed by atoms with E-state index >= 15 is 0 Å². The zero-order valence-electron chi connectivity index (χ0n) is 35.9. The number of phenols is 1. The molecular formula is C49H62N4O6Si. The fourth-order valence-corrected chi connectivity index (χ4v) is 9.85. The number of benzene rings is 4. The molecule has 1 amide bonds. The van der Waals surface area contributed by atoms with Crippen molar-refractivity contribution >= 4 is 31.0 Å². The Balaban J connectivity index is 0.912. The van der Waals surface area contributed by atoms with Gasteiger partial charge in [-0.2, -0.15) is 0 Å². The van der Waals surface area contributed by atoms with Gasteiger partial charge in [-0.25, -0.2) is 4.79 Å². The number of carboxylic acid groups (broad SMARTS) is 1. The van der Waals surface area contributed by atoms with Crippen LogP contribution in [0, 0.1) is 5.92 Å². The highest BCUT2D eigenvalue weighted by molar-refractivity contribution is 6.74. The average molecular weight is 831 g/mol. The minimum absolute atomic E-state index is 0.00904. The number of H-pyrrole nitrogens is 1. The normalized spacial score (nSPS) is 18.4. The van der Waals surface area contributed by atoms with Gasteiger partial charge in [0.25, 0.3) is 0 Å². The summed E-state index contributed by atoms with van der Waals surface area (Å²) >= 11 is 0. The van der Waals surface area contributed by atoms with Crippen LogP contribution >= 0.6 is 0 Å². The Labute approximate surface area is 355 Å². The summed E-state index contributed by atoms with van der Waals surface area (Å²) in [4.78, 5) is 31.8. The first kappa shape index (κ1) is 43.2. The number of aryl methyl sites for hydroxylation is 1. The number of phenolic OH excluding ortho intramolecular Hbond substituents is 1. The number of nitrogens with one attached hydrogen (secondary N) is 2. The van der Waals surface area contributed by atoms with E-state index in [9.17, 15) is 19.8 Å². The van der Waals surface area contributed by atoms with Crippen LogP contribution in [0.25, 0.3) is 22.0 Å². The number of aromatic amines is 1. The maximum absolute atomic E-state index is 12.8. The molecule has 4 N–H and O–H groups in total. The van der Waals surface area contributed by atoms with E-state index in [1.165, 1.54) is 17.2 Å². The second-order valence-corrected chi connectivity index (χ2v) is 22.9. The molecule has 0 radical (unpaired) electrons. The highest BCUT2D eigenvalue weighted by Gasteiger charge is 2.41. The van der Waals surface area contributed by atoms with Crippen LogP contribution < -0.4 is 20.5 Å². The lowest BCUT2D eigenvalue weighted by Crippen LogP contribution is -2.58. The Morgan fingerprint density at radius 3 is 2.35 bits per heavy atom. The predicted molar refractivity (Wildman–Crippen MR) is 244 cm³/mol. The Hall–Kier alpha value is -4.94. The van der Waals surface area contributed by atoms with Crippen molar-refractivity contribution in [2.24, 2.45) is 5.92 Å². The van der Waals surface area contributed by atoms with Gasteiger partial charge < -0.3 is 34.6 Å². The number of fused-ring (bicyclic) bond motifs is 4. The third-order valence-corrected chi connectivity index (χ3v) is 17.5. The summed E-state index contributed by atoms with van der Waals surface area (Å²) in [5.41, 5.74) is 6.30.